The maximum absolute atomic E-state index is 10.6. The summed E-state index contributed by atoms with van der Waals surface area (Å²) >= 11 is 3.43. The van der Waals surface area contributed by atoms with Gasteiger partial charge < -0.3 is 10.4 Å². The Morgan fingerprint density at radius 1 is 1.45 bits per heavy atom. The number of benzene rings is 1. The zero-order chi connectivity index (χ0) is 15.2. The van der Waals surface area contributed by atoms with Crippen LogP contribution in [0.2, 0.25) is 0 Å². The van der Waals surface area contributed by atoms with Crippen LogP contribution in [0.15, 0.2) is 22.7 Å². The third-order valence-electron chi connectivity index (χ3n) is 3.23. The molecule has 0 atom stereocenters. The highest BCUT2D eigenvalue weighted by Crippen LogP contribution is 2.28. The van der Waals surface area contributed by atoms with Gasteiger partial charge in [0.1, 0.15) is 0 Å². The van der Waals surface area contributed by atoms with Crippen molar-refractivity contribution in [2.45, 2.75) is 33.1 Å². The second-order valence-electron chi connectivity index (χ2n) is 5.54. The van der Waals surface area contributed by atoms with Gasteiger partial charge in [-0.15, -0.1) is 0 Å². The maximum Gasteiger partial charge on any atom is 0.303 e. The van der Waals surface area contributed by atoms with Crippen LogP contribution >= 0.6 is 15.9 Å². The van der Waals surface area contributed by atoms with E-state index in [1.807, 2.05) is 6.07 Å². The molecule has 0 saturated heterocycles. The number of carboxylic acid groups (broad SMARTS) is 1. The van der Waals surface area contributed by atoms with E-state index < -0.39 is 5.97 Å². The zero-order valence-corrected chi connectivity index (χ0v) is 13.3. The fourth-order valence-corrected chi connectivity index (χ4v) is 2.35. The summed E-state index contributed by atoms with van der Waals surface area (Å²) in [7, 11) is 0. The quantitative estimate of drug-likeness (QED) is 0.787. The highest BCUT2D eigenvalue weighted by Gasteiger charge is 2.18. The predicted octanol–water partition coefficient (Wildman–Crippen LogP) is 4.01. The maximum atomic E-state index is 10.6. The van der Waals surface area contributed by atoms with E-state index in [9.17, 15) is 4.79 Å². The molecule has 0 aliphatic carbocycles. The Balaban J connectivity index is 2.48. The number of carboxylic acids is 1. The van der Waals surface area contributed by atoms with E-state index in [0.29, 0.717) is 12.0 Å². The average Bonchev–Trinajstić information content (AvgIpc) is 2.38. The molecular weight excluding hydrogens is 320 g/mol. The number of nitrogens with one attached hydrogen (secondary N) is 1. The summed E-state index contributed by atoms with van der Waals surface area (Å²) in [4.78, 5) is 10.6. The monoisotopic (exact) mass is 338 g/mol. The molecule has 0 fully saturated rings. The van der Waals surface area contributed by atoms with Crippen LogP contribution < -0.4 is 5.32 Å². The Morgan fingerprint density at radius 3 is 2.70 bits per heavy atom. The first-order valence-corrected chi connectivity index (χ1v) is 7.29. The van der Waals surface area contributed by atoms with Crippen molar-refractivity contribution in [1.29, 1.82) is 5.26 Å². The van der Waals surface area contributed by atoms with Crippen LogP contribution in [0.25, 0.3) is 0 Å². The van der Waals surface area contributed by atoms with Crippen molar-refractivity contribution in [3.8, 4) is 6.07 Å². The second kappa shape index (κ2) is 7.30. The molecular formula is C15H19BrN2O2. The normalized spacial score (nSPS) is 10.9. The molecule has 20 heavy (non-hydrogen) atoms. The van der Waals surface area contributed by atoms with E-state index in [4.69, 9.17) is 10.4 Å². The van der Waals surface area contributed by atoms with Crippen molar-refractivity contribution in [2.75, 3.05) is 11.9 Å². The van der Waals surface area contributed by atoms with Crippen LogP contribution in [0.3, 0.4) is 0 Å². The molecule has 0 saturated carbocycles. The van der Waals surface area contributed by atoms with Crippen molar-refractivity contribution >= 4 is 27.6 Å². The topological polar surface area (TPSA) is 73.1 Å². The summed E-state index contributed by atoms with van der Waals surface area (Å²) in [6, 6.07) is 7.50. The van der Waals surface area contributed by atoms with Gasteiger partial charge in [-0.25, -0.2) is 0 Å². The Kier molecular flexibility index (Phi) is 6.03. The van der Waals surface area contributed by atoms with Crippen LogP contribution in [0.4, 0.5) is 5.69 Å². The molecule has 0 bridgehead atoms. The Hall–Kier alpha value is -1.54. The average molecular weight is 339 g/mol. The van der Waals surface area contributed by atoms with Crippen LogP contribution in [0.5, 0.6) is 0 Å². The third kappa shape index (κ3) is 5.62. The van der Waals surface area contributed by atoms with Gasteiger partial charge in [-0.2, -0.15) is 5.26 Å². The number of nitrogens with zero attached hydrogens (tertiary/aromatic N) is 1. The van der Waals surface area contributed by atoms with Crippen molar-refractivity contribution < 1.29 is 9.90 Å². The van der Waals surface area contributed by atoms with Gasteiger partial charge in [0.15, 0.2) is 0 Å². The summed E-state index contributed by atoms with van der Waals surface area (Å²) in [6.07, 6.45) is 1.75. The molecule has 0 aromatic heterocycles. The lowest BCUT2D eigenvalue weighted by molar-refractivity contribution is -0.137. The van der Waals surface area contributed by atoms with Crippen molar-refractivity contribution in [1.82, 2.24) is 0 Å². The molecule has 1 aromatic carbocycles. The molecule has 0 aliphatic rings. The van der Waals surface area contributed by atoms with Gasteiger partial charge in [0.2, 0.25) is 0 Å². The first-order valence-electron chi connectivity index (χ1n) is 6.49. The van der Waals surface area contributed by atoms with Crippen LogP contribution in [0.1, 0.15) is 38.7 Å². The molecule has 0 amide bonds. The van der Waals surface area contributed by atoms with Crippen LogP contribution in [-0.4, -0.2) is 17.6 Å². The third-order valence-corrected chi connectivity index (χ3v) is 3.89. The van der Waals surface area contributed by atoms with E-state index in [2.05, 4.69) is 41.2 Å². The van der Waals surface area contributed by atoms with Gasteiger partial charge in [0, 0.05) is 23.1 Å². The molecule has 0 unspecified atom stereocenters. The largest absolute Gasteiger partial charge is 0.481 e. The molecule has 1 rings (SSSR count). The van der Waals surface area contributed by atoms with Gasteiger partial charge in [-0.05, 0) is 52.4 Å². The SMILES string of the molecule is CC(C)(CCNc1ccc(C#N)cc1Br)CCC(=O)O. The van der Waals surface area contributed by atoms with Gasteiger partial charge in [0.05, 0.1) is 11.6 Å². The molecule has 1 aromatic rings. The van der Waals surface area contributed by atoms with E-state index in [0.717, 1.165) is 23.1 Å². The minimum atomic E-state index is -0.749. The number of rotatable bonds is 7. The summed E-state index contributed by atoms with van der Waals surface area (Å²) in [5, 5.41) is 20.8. The van der Waals surface area contributed by atoms with Crippen molar-refractivity contribution in [3.05, 3.63) is 28.2 Å². The minimum Gasteiger partial charge on any atom is -0.481 e. The molecule has 108 valence electrons. The fraction of sp³-hybridized carbons (Fsp3) is 0.467. The second-order valence-corrected chi connectivity index (χ2v) is 6.40. The molecule has 0 spiro atoms. The molecule has 2 N–H and O–H groups in total. The van der Waals surface area contributed by atoms with Crippen molar-refractivity contribution in [3.63, 3.8) is 0 Å². The van der Waals surface area contributed by atoms with Gasteiger partial charge in [-0.1, -0.05) is 13.8 Å². The lowest BCUT2D eigenvalue weighted by Gasteiger charge is -2.24. The van der Waals surface area contributed by atoms with Gasteiger partial charge >= 0.3 is 5.97 Å². The van der Waals surface area contributed by atoms with Gasteiger partial charge in [0.25, 0.3) is 0 Å². The van der Waals surface area contributed by atoms with Crippen molar-refractivity contribution in [2.24, 2.45) is 5.41 Å². The summed E-state index contributed by atoms with van der Waals surface area (Å²) in [5.41, 5.74) is 1.55. The molecule has 0 radical (unpaired) electrons. The predicted molar refractivity (Wildman–Crippen MR) is 82.6 cm³/mol. The molecule has 0 heterocycles. The summed E-state index contributed by atoms with van der Waals surface area (Å²) < 4.78 is 0.861. The van der Waals surface area contributed by atoms with E-state index in [1.165, 1.54) is 0 Å². The zero-order valence-electron chi connectivity index (χ0n) is 11.7. The van der Waals surface area contributed by atoms with E-state index >= 15 is 0 Å². The standard InChI is InChI=1S/C15H19BrN2O2/c1-15(2,6-5-14(19)20)7-8-18-13-4-3-11(10-17)9-12(13)16/h3-4,9,18H,5-8H2,1-2H3,(H,19,20). The lowest BCUT2D eigenvalue weighted by atomic mass is 9.84. The van der Waals surface area contributed by atoms with Crippen LogP contribution in [-0.2, 0) is 4.79 Å². The van der Waals surface area contributed by atoms with E-state index in [1.54, 1.807) is 12.1 Å². The Labute approximate surface area is 127 Å². The number of hydrogen-bond donors (Lipinski definition) is 2. The lowest BCUT2D eigenvalue weighted by Crippen LogP contribution is -2.18. The number of halogens is 1. The van der Waals surface area contributed by atoms with Crippen LogP contribution in [0, 0.1) is 16.7 Å². The number of carbonyl (C=O) groups is 1. The number of nitriles is 1. The first-order chi connectivity index (χ1) is 9.34. The summed E-state index contributed by atoms with van der Waals surface area (Å²) in [6.45, 7) is 4.91. The first kappa shape index (κ1) is 16.5. The molecule has 4 nitrogen and oxygen atoms in total. The molecule has 5 heteroatoms. The minimum absolute atomic E-state index is 0.00946. The number of hydrogen-bond acceptors (Lipinski definition) is 3. The van der Waals surface area contributed by atoms with E-state index in [-0.39, 0.29) is 11.8 Å². The number of aliphatic carboxylic acids is 1. The highest BCUT2D eigenvalue weighted by atomic mass is 79.9. The Morgan fingerprint density at radius 2 is 2.15 bits per heavy atom. The fourth-order valence-electron chi connectivity index (χ4n) is 1.83. The van der Waals surface area contributed by atoms with Gasteiger partial charge in [-0.3, -0.25) is 4.79 Å². The highest BCUT2D eigenvalue weighted by molar-refractivity contribution is 9.10. The molecule has 0 aliphatic heterocycles. The Bertz CT molecular complexity index is 521. The summed E-state index contributed by atoms with van der Waals surface area (Å²) in [5.74, 6) is -0.749. The smallest absolute Gasteiger partial charge is 0.303 e. The number of anilines is 1.